The van der Waals surface area contributed by atoms with Crippen molar-refractivity contribution < 1.29 is 14.2 Å². The zero-order valence-electron chi connectivity index (χ0n) is 9.10. The number of methoxy groups -OCH3 is 1. The molecule has 2 rings (SSSR count). The predicted molar refractivity (Wildman–Crippen MR) is 57.0 cm³/mol. The molecule has 0 aromatic heterocycles. The summed E-state index contributed by atoms with van der Waals surface area (Å²) in [6, 6.07) is 7.91. The zero-order chi connectivity index (χ0) is 10.7. The first-order valence-electron chi connectivity index (χ1n) is 5.15. The van der Waals surface area contributed by atoms with Crippen molar-refractivity contribution >= 4 is 0 Å². The smallest absolute Gasteiger partial charge is 0.118 e. The maximum atomic E-state index is 5.66. The molecule has 2 atom stereocenters. The number of benzene rings is 1. The van der Waals surface area contributed by atoms with Crippen LogP contribution in [0.3, 0.4) is 0 Å². The molecule has 1 fully saturated rings. The molecule has 3 nitrogen and oxygen atoms in total. The van der Waals surface area contributed by atoms with Crippen LogP contribution in [0.15, 0.2) is 24.3 Å². The van der Waals surface area contributed by atoms with E-state index in [1.165, 1.54) is 0 Å². The normalized spacial score (nSPS) is 21.1. The number of hydrogen-bond donors (Lipinski definition) is 0. The van der Waals surface area contributed by atoms with Gasteiger partial charge in [0.25, 0.3) is 0 Å². The van der Waals surface area contributed by atoms with Crippen LogP contribution in [0.5, 0.6) is 5.75 Å². The lowest BCUT2D eigenvalue weighted by Crippen LogP contribution is -2.14. The second-order valence-electron chi connectivity index (χ2n) is 3.74. The maximum Gasteiger partial charge on any atom is 0.118 e. The quantitative estimate of drug-likeness (QED) is 0.693. The summed E-state index contributed by atoms with van der Waals surface area (Å²) >= 11 is 0. The molecule has 82 valence electrons. The summed E-state index contributed by atoms with van der Waals surface area (Å²) in [6.45, 7) is 3.51. The third-order valence-corrected chi connectivity index (χ3v) is 2.55. The van der Waals surface area contributed by atoms with Crippen LogP contribution in [0.2, 0.25) is 0 Å². The first kappa shape index (κ1) is 10.5. The first-order chi connectivity index (χ1) is 7.29. The van der Waals surface area contributed by atoms with E-state index in [2.05, 4.69) is 0 Å². The largest absolute Gasteiger partial charge is 0.497 e. The molecule has 1 aliphatic rings. The van der Waals surface area contributed by atoms with Crippen molar-refractivity contribution in [3.63, 3.8) is 0 Å². The van der Waals surface area contributed by atoms with Crippen LogP contribution in [0.1, 0.15) is 12.5 Å². The highest BCUT2D eigenvalue weighted by atomic mass is 16.6. The fourth-order valence-corrected chi connectivity index (χ4v) is 1.38. The van der Waals surface area contributed by atoms with Gasteiger partial charge in [-0.3, -0.25) is 0 Å². The summed E-state index contributed by atoms with van der Waals surface area (Å²) in [5, 5.41) is 0. The number of epoxide rings is 1. The molecule has 0 saturated carbocycles. The van der Waals surface area contributed by atoms with Gasteiger partial charge in [-0.15, -0.1) is 0 Å². The molecular formula is C12H16O3. The van der Waals surface area contributed by atoms with Crippen LogP contribution in [-0.2, 0) is 16.1 Å². The topological polar surface area (TPSA) is 31.0 Å². The number of hydrogen-bond acceptors (Lipinski definition) is 3. The van der Waals surface area contributed by atoms with Crippen LogP contribution in [-0.4, -0.2) is 25.9 Å². The Morgan fingerprint density at radius 1 is 1.40 bits per heavy atom. The van der Waals surface area contributed by atoms with Crippen molar-refractivity contribution in [1.82, 2.24) is 0 Å². The van der Waals surface area contributed by atoms with E-state index in [0.29, 0.717) is 12.7 Å². The van der Waals surface area contributed by atoms with Gasteiger partial charge in [0.05, 0.1) is 26.4 Å². The van der Waals surface area contributed by atoms with E-state index in [-0.39, 0.29) is 6.10 Å². The van der Waals surface area contributed by atoms with Crippen molar-refractivity contribution in [1.29, 1.82) is 0 Å². The predicted octanol–water partition coefficient (Wildman–Crippen LogP) is 2.00. The molecule has 3 heteroatoms. The van der Waals surface area contributed by atoms with E-state index in [1.807, 2.05) is 31.2 Å². The Kier molecular flexibility index (Phi) is 3.23. The minimum Gasteiger partial charge on any atom is -0.497 e. The molecule has 1 aromatic rings. The highest BCUT2D eigenvalue weighted by Crippen LogP contribution is 2.18. The lowest BCUT2D eigenvalue weighted by Gasteiger charge is -2.10. The van der Waals surface area contributed by atoms with Crippen LogP contribution < -0.4 is 4.74 Å². The third-order valence-electron chi connectivity index (χ3n) is 2.55. The average molecular weight is 208 g/mol. The van der Waals surface area contributed by atoms with Gasteiger partial charge < -0.3 is 14.2 Å². The Labute approximate surface area is 90.0 Å². The molecule has 15 heavy (non-hydrogen) atoms. The van der Waals surface area contributed by atoms with Gasteiger partial charge in [0.2, 0.25) is 0 Å². The second kappa shape index (κ2) is 4.64. The highest BCUT2D eigenvalue weighted by Gasteiger charge is 2.29. The molecule has 1 heterocycles. The molecule has 1 aliphatic heterocycles. The van der Waals surface area contributed by atoms with Gasteiger partial charge in [0.15, 0.2) is 0 Å². The standard InChI is InChI=1S/C12H16O3/c1-9(12-8-15-12)14-7-10-3-5-11(13-2)6-4-10/h3-6,9,12H,7-8H2,1-2H3. The Balaban J connectivity index is 1.81. The fourth-order valence-electron chi connectivity index (χ4n) is 1.38. The molecule has 1 saturated heterocycles. The van der Waals surface area contributed by atoms with Gasteiger partial charge in [0.1, 0.15) is 11.9 Å². The molecule has 0 aliphatic carbocycles. The summed E-state index contributed by atoms with van der Waals surface area (Å²) in [5.74, 6) is 0.873. The van der Waals surface area contributed by atoms with Crippen LogP contribution >= 0.6 is 0 Å². The van der Waals surface area contributed by atoms with Gasteiger partial charge in [-0.05, 0) is 24.6 Å². The van der Waals surface area contributed by atoms with E-state index < -0.39 is 0 Å². The molecular weight excluding hydrogens is 192 g/mol. The summed E-state index contributed by atoms with van der Waals surface area (Å²) in [5.41, 5.74) is 1.16. The Morgan fingerprint density at radius 2 is 2.07 bits per heavy atom. The summed E-state index contributed by atoms with van der Waals surface area (Å²) in [4.78, 5) is 0. The van der Waals surface area contributed by atoms with Crippen LogP contribution in [0.4, 0.5) is 0 Å². The lowest BCUT2D eigenvalue weighted by atomic mass is 10.2. The zero-order valence-corrected chi connectivity index (χ0v) is 9.10. The van der Waals surface area contributed by atoms with Gasteiger partial charge in [-0.2, -0.15) is 0 Å². The van der Waals surface area contributed by atoms with Crippen molar-refractivity contribution in [2.75, 3.05) is 13.7 Å². The van der Waals surface area contributed by atoms with Crippen LogP contribution in [0.25, 0.3) is 0 Å². The highest BCUT2D eigenvalue weighted by molar-refractivity contribution is 5.26. The number of rotatable bonds is 5. The molecule has 1 aromatic carbocycles. The van der Waals surface area contributed by atoms with E-state index in [0.717, 1.165) is 17.9 Å². The molecule has 2 unspecified atom stereocenters. The minimum absolute atomic E-state index is 0.187. The third kappa shape index (κ3) is 2.94. The second-order valence-corrected chi connectivity index (χ2v) is 3.74. The molecule has 0 radical (unpaired) electrons. The minimum atomic E-state index is 0.187. The summed E-state index contributed by atoms with van der Waals surface area (Å²) in [6.07, 6.45) is 0.496. The first-order valence-corrected chi connectivity index (χ1v) is 5.15. The van der Waals surface area contributed by atoms with Gasteiger partial charge >= 0.3 is 0 Å². The molecule has 0 bridgehead atoms. The van der Waals surface area contributed by atoms with Crippen molar-refractivity contribution in [3.8, 4) is 5.75 Å². The van der Waals surface area contributed by atoms with Crippen molar-refractivity contribution in [2.24, 2.45) is 0 Å². The SMILES string of the molecule is COc1ccc(COC(C)C2CO2)cc1. The van der Waals surface area contributed by atoms with Gasteiger partial charge in [-0.25, -0.2) is 0 Å². The van der Waals surface area contributed by atoms with E-state index >= 15 is 0 Å². The molecule has 0 N–H and O–H groups in total. The van der Waals surface area contributed by atoms with Crippen LogP contribution in [0, 0.1) is 0 Å². The average Bonchev–Trinajstić information content (AvgIpc) is 3.10. The molecule has 0 spiro atoms. The maximum absolute atomic E-state index is 5.66. The Hall–Kier alpha value is -1.06. The van der Waals surface area contributed by atoms with E-state index in [9.17, 15) is 0 Å². The van der Waals surface area contributed by atoms with Crippen molar-refractivity contribution in [3.05, 3.63) is 29.8 Å². The van der Waals surface area contributed by atoms with Gasteiger partial charge in [-0.1, -0.05) is 12.1 Å². The monoisotopic (exact) mass is 208 g/mol. The molecule has 0 amide bonds. The Morgan fingerprint density at radius 3 is 2.60 bits per heavy atom. The fraction of sp³-hybridized carbons (Fsp3) is 0.500. The lowest BCUT2D eigenvalue weighted by molar-refractivity contribution is 0.0340. The van der Waals surface area contributed by atoms with Crippen molar-refractivity contribution in [2.45, 2.75) is 25.7 Å². The summed E-state index contributed by atoms with van der Waals surface area (Å²) in [7, 11) is 1.66. The van der Waals surface area contributed by atoms with E-state index in [4.69, 9.17) is 14.2 Å². The van der Waals surface area contributed by atoms with E-state index in [1.54, 1.807) is 7.11 Å². The summed E-state index contributed by atoms with van der Waals surface area (Å²) < 4.78 is 15.9. The van der Waals surface area contributed by atoms with Gasteiger partial charge in [0, 0.05) is 0 Å². The number of ether oxygens (including phenoxy) is 3. The Bertz CT molecular complexity index is 303.